The highest BCUT2D eigenvalue weighted by molar-refractivity contribution is 7.93. The molecule has 0 aliphatic heterocycles. The lowest BCUT2D eigenvalue weighted by Gasteiger charge is -2.09. The van der Waals surface area contributed by atoms with Gasteiger partial charge in [0.1, 0.15) is 5.76 Å². The molecule has 1 N–H and O–H groups in total. The summed E-state index contributed by atoms with van der Waals surface area (Å²) in [5.41, 5.74) is 0. The highest BCUT2D eigenvalue weighted by Gasteiger charge is 2.20. The third kappa shape index (κ3) is 2.59. The maximum absolute atomic E-state index is 12.5. The molecule has 0 fully saturated rings. The summed E-state index contributed by atoms with van der Waals surface area (Å²) in [4.78, 5) is 0.103. The molecule has 0 radical (unpaired) electrons. The van der Waals surface area contributed by atoms with E-state index in [-0.39, 0.29) is 10.7 Å². The molecule has 5 nitrogen and oxygen atoms in total. The van der Waals surface area contributed by atoms with Crippen molar-refractivity contribution in [2.45, 2.75) is 11.8 Å². The van der Waals surface area contributed by atoms with E-state index in [4.69, 9.17) is 16.1 Å². The normalized spacial score (nSPS) is 11.7. The number of sulfonamides is 1. The maximum atomic E-state index is 12.5. The van der Waals surface area contributed by atoms with Gasteiger partial charge in [-0.05, 0) is 24.4 Å². The SMILES string of the molecule is Cc1cc(NS(=O)(=O)c2cccc3cccc(Cl)c23)no1. The van der Waals surface area contributed by atoms with Crippen molar-refractivity contribution in [1.82, 2.24) is 5.16 Å². The molecule has 0 unspecified atom stereocenters. The zero-order chi connectivity index (χ0) is 15.0. The molecule has 0 spiro atoms. The molecule has 0 saturated heterocycles. The van der Waals surface area contributed by atoms with Crippen LogP contribution in [0.1, 0.15) is 5.76 Å². The van der Waals surface area contributed by atoms with Crippen LogP contribution >= 0.6 is 11.6 Å². The van der Waals surface area contributed by atoms with Gasteiger partial charge in [-0.15, -0.1) is 0 Å². The lowest BCUT2D eigenvalue weighted by Crippen LogP contribution is -2.13. The van der Waals surface area contributed by atoms with E-state index in [1.54, 1.807) is 37.3 Å². The summed E-state index contributed by atoms with van der Waals surface area (Å²) in [7, 11) is -3.81. The fraction of sp³-hybridized carbons (Fsp3) is 0.0714. The summed E-state index contributed by atoms with van der Waals surface area (Å²) < 4.78 is 32.3. The Bertz CT molecular complexity index is 914. The molecule has 3 rings (SSSR count). The van der Waals surface area contributed by atoms with Crippen molar-refractivity contribution in [3.8, 4) is 0 Å². The zero-order valence-electron chi connectivity index (χ0n) is 11.0. The van der Waals surface area contributed by atoms with Crippen LogP contribution in [-0.4, -0.2) is 13.6 Å². The number of hydrogen-bond donors (Lipinski definition) is 1. The first-order valence-corrected chi connectivity index (χ1v) is 7.97. The molecule has 21 heavy (non-hydrogen) atoms. The number of fused-ring (bicyclic) bond motifs is 1. The minimum Gasteiger partial charge on any atom is -0.360 e. The Morgan fingerprint density at radius 3 is 2.57 bits per heavy atom. The van der Waals surface area contributed by atoms with E-state index < -0.39 is 10.0 Å². The van der Waals surface area contributed by atoms with E-state index >= 15 is 0 Å². The van der Waals surface area contributed by atoms with Crippen molar-refractivity contribution in [3.63, 3.8) is 0 Å². The number of rotatable bonds is 3. The van der Waals surface area contributed by atoms with Crippen LogP contribution in [0.4, 0.5) is 5.82 Å². The Labute approximate surface area is 126 Å². The van der Waals surface area contributed by atoms with Crippen molar-refractivity contribution in [2.24, 2.45) is 0 Å². The van der Waals surface area contributed by atoms with Crippen molar-refractivity contribution in [3.05, 3.63) is 53.2 Å². The number of aryl methyl sites for hydroxylation is 1. The molecule has 7 heteroatoms. The van der Waals surface area contributed by atoms with Crippen LogP contribution in [0.25, 0.3) is 10.8 Å². The second kappa shape index (κ2) is 5.05. The quantitative estimate of drug-likeness (QED) is 0.799. The monoisotopic (exact) mass is 322 g/mol. The van der Waals surface area contributed by atoms with E-state index in [1.165, 1.54) is 12.1 Å². The molecule has 0 bridgehead atoms. The molecule has 1 heterocycles. The maximum Gasteiger partial charge on any atom is 0.263 e. The van der Waals surface area contributed by atoms with Crippen LogP contribution in [0.15, 0.2) is 51.9 Å². The second-order valence-electron chi connectivity index (χ2n) is 4.52. The minimum absolute atomic E-state index is 0.103. The van der Waals surface area contributed by atoms with Gasteiger partial charge in [0.2, 0.25) is 0 Å². The van der Waals surface area contributed by atoms with Crippen LogP contribution in [0.2, 0.25) is 5.02 Å². The molecule has 2 aromatic carbocycles. The highest BCUT2D eigenvalue weighted by atomic mass is 35.5. The van der Waals surface area contributed by atoms with Crippen LogP contribution < -0.4 is 4.72 Å². The number of hydrogen-bond acceptors (Lipinski definition) is 4. The molecular weight excluding hydrogens is 312 g/mol. The number of nitrogens with zero attached hydrogens (tertiary/aromatic N) is 1. The Hall–Kier alpha value is -2.05. The Morgan fingerprint density at radius 1 is 1.19 bits per heavy atom. The highest BCUT2D eigenvalue weighted by Crippen LogP contribution is 2.30. The predicted octanol–water partition coefficient (Wildman–Crippen LogP) is 3.59. The van der Waals surface area contributed by atoms with Crippen molar-refractivity contribution in [2.75, 3.05) is 4.72 Å². The average Bonchev–Trinajstić information content (AvgIpc) is 2.83. The van der Waals surface area contributed by atoms with E-state index in [0.717, 1.165) is 5.39 Å². The van der Waals surface area contributed by atoms with Crippen LogP contribution in [0.3, 0.4) is 0 Å². The van der Waals surface area contributed by atoms with Crippen molar-refractivity contribution >= 4 is 38.2 Å². The Balaban J connectivity index is 2.15. The lowest BCUT2D eigenvalue weighted by atomic mass is 10.1. The number of halogens is 1. The van der Waals surface area contributed by atoms with E-state index in [0.29, 0.717) is 16.2 Å². The van der Waals surface area contributed by atoms with Crippen LogP contribution in [0.5, 0.6) is 0 Å². The van der Waals surface area contributed by atoms with Gasteiger partial charge >= 0.3 is 0 Å². The minimum atomic E-state index is -3.81. The van der Waals surface area contributed by atoms with Gasteiger partial charge in [-0.1, -0.05) is 41.0 Å². The topological polar surface area (TPSA) is 72.2 Å². The Morgan fingerprint density at radius 2 is 1.90 bits per heavy atom. The predicted molar refractivity (Wildman–Crippen MR) is 81.0 cm³/mol. The number of anilines is 1. The second-order valence-corrected chi connectivity index (χ2v) is 6.58. The van der Waals surface area contributed by atoms with Crippen molar-refractivity contribution in [1.29, 1.82) is 0 Å². The molecular formula is C14H11ClN2O3S. The number of nitrogens with one attached hydrogen (secondary N) is 1. The molecule has 108 valence electrons. The molecule has 1 aromatic heterocycles. The van der Waals surface area contributed by atoms with Gasteiger partial charge in [0.05, 0.1) is 4.90 Å². The van der Waals surface area contributed by atoms with Gasteiger partial charge in [-0.3, -0.25) is 4.72 Å². The first-order chi connectivity index (χ1) is 9.97. The third-order valence-electron chi connectivity index (χ3n) is 2.97. The fourth-order valence-electron chi connectivity index (χ4n) is 2.09. The van der Waals surface area contributed by atoms with Crippen LogP contribution in [-0.2, 0) is 10.0 Å². The largest absolute Gasteiger partial charge is 0.360 e. The van der Waals surface area contributed by atoms with Crippen molar-refractivity contribution < 1.29 is 12.9 Å². The molecule has 0 aliphatic rings. The van der Waals surface area contributed by atoms with Gasteiger partial charge in [0, 0.05) is 16.5 Å². The zero-order valence-corrected chi connectivity index (χ0v) is 12.6. The van der Waals surface area contributed by atoms with Gasteiger partial charge < -0.3 is 4.52 Å². The standard InChI is InChI=1S/C14H11ClN2O3S/c1-9-8-13(16-20-9)17-21(18,19)12-7-3-5-10-4-2-6-11(15)14(10)12/h2-8H,1H3,(H,16,17). The van der Waals surface area contributed by atoms with Gasteiger partial charge in [0.15, 0.2) is 5.82 Å². The van der Waals surface area contributed by atoms with E-state index in [2.05, 4.69) is 9.88 Å². The summed E-state index contributed by atoms with van der Waals surface area (Å²) in [6.45, 7) is 1.68. The van der Waals surface area contributed by atoms with Gasteiger partial charge in [0.25, 0.3) is 10.0 Å². The number of benzene rings is 2. The van der Waals surface area contributed by atoms with E-state index in [9.17, 15) is 8.42 Å². The lowest BCUT2D eigenvalue weighted by molar-refractivity contribution is 0.400. The molecule has 0 atom stereocenters. The smallest absolute Gasteiger partial charge is 0.263 e. The first-order valence-electron chi connectivity index (χ1n) is 6.11. The molecule has 0 aliphatic carbocycles. The first kappa shape index (κ1) is 13.9. The molecule has 3 aromatic rings. The summed E-state index contributed by atoms with van der Waals surface area (Å²) in [5.74, 6) is 0.653. The Kier molecular flexibility index (Phi) is 3.35. The summed E-state index contributed by atoms with van der Waals surface area (Å²) >= 11 is 6.15. The van der Waals surface area contributed by atoms with E-state index in [1.807, 2.05) is 0 Å². The summed E-state index contributed by atoms with van der Waals surface area (Å²) in [5, 5.41) is 5.24. The van der Waals surface area contributed by atoms with Crippen LogP contribution in [0, 0.1) is 6.92 Å². The molecule has 0 amide bonds. The average molecular weight is 323 g/mol. The van der Waals surface area contributed by atoms with Gasteiger partial charge in [-0.25, -0.2) is 8.42 Å². The summed E-state index contributed by atoms with van der Waals surface area (Å²) in [6.07, 6.45) is 0. The third-order valence-corrected chi connectivity index (χ3v) is 4.68. The number of aromatic nitrogens is 1. The molecule has 0 saturated carbocycles. The van der Waals surface area contributed by atoms with Gasteiger partial charge in [-0.2, -0.15) is 0 Å². The fourth-order valence-corrected chi connectivity index (χ4v) is 3.67. The summed E-state index contributed by atoms with van der Waals surface area (Å²) in [6, 6.07) is 11.7.